The van der Waals surface area contributed by atoms with Gasteiger partial charge in [0, 0.05) is 6.42 Å². The summed E-state index contributed by atoms with van der Waals surface area (Å²) in [5, 5.41) is 0. The van der Waals surface area contributed by atoms with Gasteiger partial charge in [0.25, 0.3) is 0 Å². The van der Waals surface area contributed by atoms with Crippen LogP contribution in [0.3, 0.4) is 0 Å². The molecule has 0 saturated carbocycles. The molecule has 1 fully saturated rings. The lowest BCUT2D eigenvalue weighted by Crippen LogP contribution is -2.02. The maximum atomic E-state index is 10.9. The number of ketones is 1. The molecule has 1 heterocycles. The number of benzene rings is 1. The van der Waals surface area contributed by atoms with E-state index >= 15 is 0 Å². The lowest BCUT2D eigenvalue weighted by molar-refractivity contribution is -0.118. The Morgan fingerprint density at radius 3 is 2.83 bits per heavy atom. The van der Waals surface area contributed by atoms with Crippen LogP contribution in [0.2, 0.25) is 0 Å². The minimum absolute atomic E-state index is 0.0506. The molecule has 1 aliphatic heterocycles. The van der Waals surface area contributed by atoms with E-state index in [1.54, 1.807) is 0 Å². The topological polar surface area (TPSA) is 38.8 Å². The fourth-order valence-corrected chi connectivity index (χ4v) is 1.59. The molecule has 0 aromatic heterocycles. The highest BCUT2D eigenvalue weighted by Crippen LogP contribution is 2.21. The lowest BCUT2D eigenvalue weighted by Gasteiger charge is -2.00. The van der Waals surface area contributed by atoms with Crippen molar-refractivity contribution in [1.82, 2.24) is 0 Å². The molecule has 0 N–H and O–H groups in total. The fourth-order valence-electron chi connectivity index (χ4n) is 1.59. The van der Waals surface area contributed by atoms with Gasteiger partial charge in [-0.2, -0.15) is 0 Å². The van der Waals surface area contributed by atoms with Gasteiger partial charge in [0.2, 0.25) is 0 Å². The molecule has 0 radical (unpaired) electrons. The van der Waals surface area contributed by atoms with E-state index in [1.165, 1.54) is 6.92 Å². The average molecular weight is 244 g/mol. The molecule has 0 amide bonds. The van der Waals surface area contributed by atoms with E-state index in [1.807, 2.05) is 30.3 Å². The molecule has 1 aliphatic rings. The smallest absolute Gasteiger partial charge is 0.162 e. The van der Waals surface area contributed by atoms with Crippen molar-refractivity contribution >= 4 is 5.78 Å². The zero-order valence-corrected chi connectivity index (χ0v) is 10.4. The third-order valence-corrected chi connectivity index (χ3v) is 2.62. The molecule has 2 rings (SSSR count). The summed E-state index contributed by atoms with van der Waals surface area (Å²) >= 11 is 0. The van der Waals surface area contributed by atoms with Crippen LogP contribution in [0.15, 0.2) is 30.3 Å². The number of ether oxygens (including phenoxy) is 2. The summed E-state index contributed by atoms with van der Waals surface area (Å²) in [5.41, 5.74) is 1.16. The van der Waals surface area contributed by atoms with Crippen LogP contribution in [-0.4, -0.2) is 24.6 Å². The normalized spacial score (nSPS) is 20.9. The molecule has 2 atom stereocenters. The summed E-state index contributed by atoms with van der Waals surface area (Å²) in [7, 11) is 0. The van der Waals surface area contributed by atoms with Crippen LogP contribution < -0.4 is 0 Å². The Hall–Kier alpha value is -1.63. The first-order valence-corrected chi connectivity index (χ1v) is 6.03. The van der Waals surface area contributed by atoms with Crippen molar-refractivity contribution in [3.63, 3.8) is 0 Å². The van der Waals surface area contributed by atoms with Crippen LogP contribution in [0.5, 0.6) is 0 Å². The summed E-state index contributed by atoms with van der Waals surface area (Å²) in [6, 6.07) is 10.0. The molecule has 18 heavy (non-hydrogen) atoms. The van der Waals surface area contributed by atoms with Gasteiger partial charge in [-0.3, -0.25) is 4.79 Å². The highest BCUT2D eigenvalue weighted by Gasteiger charge is 2.41. The van der Waals surface area contributed by atoms with Gasteiger partial charge in [-0.1, -0.05) is 42.2 Å². The number of hydrogen-bond donors (Lipinski definition) is 0. The molecule has 3 heteroatoms. The number of rotatable bonds is 5. The molecular formula is C15H16O3. The Balaban J connectivity index is 1.57. The summed E-state index contributed by atoms with van der Waals surface area (Å²) in [6.07, 6.45) is 0.191. The van der Waals surface area contributed by atoms with Crippen molar-refractivity contribution < 1.29 is 14.3 Å². The van der Waals surface area contributed by atoms with Gasteiger partial charge >= 0.3 is 0 Å². The molecule has 3 nitrogen and oxygen atoms in total. The third-order valence-electron chi connectivity index (χ3n) is 2.62. The van der Waals surface area contributed by atoms with E-state index in [9.17, 15) is 4.79 Å². The average Bonchev–Trinajstić information content (AvgIpc) is 3.14. The maximum Gasteiger partial charge on any atom is 0.162 e. The highest BCUT2D eigenvalue weighted by molar-refractivity contribution is 5.84. The van der Waals surface area contributed by atoms with Crippen LogP contribution in [-0.2, 0) is 20.9 Å². The number of carbonyl (C=O) groups excluding carboxylic acids is 1. The lowest BCUT2D eigenvalue weighted by atomic mass is 10.2. The SMILES string of the molecule is CC(=O)[C@H]1O[C@@H]1C#CCCOCc1ccccc1. The molecule has 1 saturated heterocycles. The zero-order valence-electron chi connectivity index (χ0n) is 10.4. The van der Waals surface area contributed by atoms with Gasteiger partial charge in [0.15, 0.2) is 18.0 Å². The Labute approximate surface area is 107 Å². The molecule has 1 aromatic rings. The van der Waals surface area contributed by atoms with Crippen molar-refractivity contribution in [2.24, 2.45) is 0 Å². The van der Waals surface area contributed by atoms with Crippen molar-refractivity contribution in [2.45, 2.75) is 32.2 Å². The maximum absolute atomic E-state index is 10.9. The Morgan fingerprint density at radius 2 is 2.17 bits per heavy atom. The Kier molecular flexibility index (Phi) is 4.52. The highest BCUT2D eigenvalue weighted by atomic mass is 16.6. The van der Waals surface area contributed by atoms with E-state index in [-0.39, 0.29) is 18.0 Å². The van der Waals surface area contributed by atoms with Gasteiger partial charge in [0.05, 0.1) is 13.2 Å². The zero-order chi connectivity index (χ0) is 12.8. The van der Waals surface area contributed by atoms with Gasteiger partial charge in [0.1, 0.15) is 0 Å². The summed E-state index contributed by atoms with van der Waals surface area (Å²) in [5.74, 6) is 5.93. The van der Waals surface area contributed by atoms with E-state index in [0.29, 0.717) is 19.6 Å². The first-order chi connectivity index (χ1) is 8.77. The van der Waals surface area contributed by atoms with Crippen LogP contribution in [0.1, 0.15) is 18.9 Å². The molecular weight excluding hydrogens is 228 g/mol. The third kappa shape index (κ3) is 3.99. The van der Waals surface area contributed by atoms with Crippen molar-refractivity contribution in [3.05, 3.63) is 35.9 Å². The standard InChI is InChI=1S/C15H16O3/c1-12(16)15-14(18-15)9-5-6-10-17-11-13-7-3-2-4-8-13/h2-4,7-8,14-15H,6,10-11H2,1H3/t14-,15-/m1/s1. The van der Waals surface area contributed by atoms with Gasteiger partial charge in [-0.05, 0) is 12.5 Å². The Morgan fingerprint density at radius 1 is 1.39 bits per heavy atom. The number of epoxide rings is 1. The van der Waals surface area contributed by atoms with Crippen molar-refractivity contribution in [1.29, 1.82) is 0 Å². The first-order valence-electron chi connectivity index (χ1n) is 6.03. The largest absolute Gasteiger partial charge is 0.376 e. The number of Topliss-reactive ketones (excluding diaryl/α,β-unsaturated/α-hetero) is 1. The Bertz CT molecular complexity index is 456. The molecule has 0 aliphatic carbocycles. The van der Waals surface area contributed by atoms with Gasteiger partial charge < -0.3 is 9.47 Å². The predicted molar refractivity (Wildman–Crippen MR) is 67.8 cm³/mol. The second-order valence-corrected chi connectivity index (χ2v) is 4.20. The summed E-state index contributed by atoms with van der Waals surface area (Å²) in [6.45, 7) is 2.73. The molecule has 0 unspecified atom stereocenters. The number of hydrogen-bond acceptors (Lipinski definition) is 3. The minimum atomic E-state index is -0.289. The van der Waals surface area contributed by atoms with E-state index in [2.05, 4.69) is 11.8 Å². The van der Waals surface area contributed by atoms with Crippen molar-refractivity contribution in [2.75, 3.05) is 6.61 Å². The molecule has 0 bridgehead atoms. The monoisotopic (exact) mass is 244 g/mol. The van der Waals surface area contributed by atoms with Gasteiger partial charge in [-0.25, -0.2) is 0 Å². The second-order valence-electron chi connectivity index (χ2n) is 4.20. The first kappa shape index (κ1) is 12.8. The summed E-state index contributed by atoms with van der Waals surface area (Å²) < 4.78 is 10.6. The van der Waals surface area contributed by atoms with Gasteiger partial charge in [-0.15, -0.1) is 0 Å². The fraction of sp³-hybridized carbons (Fsp3) is 0.400. The molecule has 94 valence electrons. The van der Waals surface area contributed by atoms with Crippen LogP contribution in [0.25, 0.3) is 0 Å². The van der Waals surface area contributed by atoms with E-state index < -0.39 is 0 Å². The van der Waals surface area contributed by atoms with E-state index in [0.717, 1.165) is 5.56 Å². The van der Waals surface area contributed by atoms with Crippen LogP contribution in [0, 0.1) is 11.8 Å². The molecule has 0 spiro atoms. The van der Waals surface area contributed by atoms with Crippen LogP contribution in [0.4, 0.5) is 0 Å². The summed E-state index contributed by atoms with van der Waals surface area (Å²) in [4.78, 5) is 10.9. The minimum Gasteiger partial charge on any atom is -0.376 e. The quantitative estimate of drug-likeness (QED) is 0.451. The number of carbonyl (C=O) groups is 1. The second kappa shape index (κ2) is 6.34. The van der Waals surface area contributed by atoms with Crippen molar-refractivity contribution in [3.8, 4) is 11.8 Å². The van der Waals surface area contributed by atoms with Crippen LogP contribution >= 0.6 is 0 Å². The molecule has 1 aromatic carbocycles. The predicted octanol–water partition coefficient (Wildman–Crippen LogP) is 1.95. The van der Waals surface area contributed by atoms with E-state index in [4.69, 9.17) is 9.47 Å².